The Kier molecular flexibility index (Phi) is 6.32. The van der Waals surface area contributed by atoms with Crippen LogP contribution in [-0.4, -0.2) is 59.7 Å². The van der Waals surface area contributed by atoms with Crippen LogP contribution in [-0.2, 0) is 27.3 Å². The van der Waals surface area contributed by atoms with E-state index < -0.39 is 6.04 Å². The number of fused-ring (bicyclic) bond motifs is 1. The van der Waals surface area contributed by atoms with Crippen LogP contribution >= 0.6 is 0 Å². The Morgan fingerprint density at radius 1 is 1.10 bits per heavy atom. The van der Waals surface area contributed by atoms with Gasteiger partial charge in [0.1, 0.15) is 6.04 Å². The number of amides is 3. The van der Waals surface area contributed by atoms with E-state index in [0.29, 0.717) is 18.8 Å². The Bertz CT molecular complexity index is 990. The monoisotopic (exact) mass is 420 g/mol. The number of piperazine rings is 1. The summed E-state index contributed by atoms with van der Waals surface area (Å²) >= 11 is 0. The Labute approximate surface area is 182 Å². The predicted molar refractivity (Wildman–Crippen MR) is 118 cm³/mol. The largest absolute Gasteiger partial charge is 0.353 e. The quantitative estimate of drug-likeness (QED) is 0.772. The van der Waals surface area contributed by atoms with Crippen LogP contribution in [0.1, 0.15) is 23.1 Å². The van der Waals surface area contributed by atoms with Gasteiger partial charge < -0.3 is 15.5 Å². The molecule has 2 heterocycles. The first-order valence-electron chi connectivity index (χ1n) is 10.7. The number of aryl methyl sites for hydroxylation is 1. The molecule has 1 atom stereocenters. The van der Waals surface area contributed by atoms with Crippen LogP contribution in [0.25, 0.3) is 0 Å². The van der Waals surface area contributed by atoms with Crippen LogP contribution in [0.3, 0.4) is 0 Å². The number of benzene rings is 2. The van der Waals surface area contributed by atoms with Crippen molar-refractivity contribution in [2.24, 2.45) is 0 Å². The smallest absolute Gasteiger partial charge is 0.243 e. The van der Waals surface area contributed by atoms with E-state index in [2.05, 4.69) is 27.7 Å². The summed E-state index contributed by atoms with van der Waals surface area (Å²) < 4.78 is 0. The summed E-state index contributed by atoms with van der Waals surface area (Å²) in [5, 5.41) is 5.62. The van der Waals surface area contributed by atoms with Crippen LogP contribution in [0.15, 0.2) is 48.5 Å². The Balaban J connectivity index is 1.39. The lowest BCUT2D eigenvalue weighted by molar-refractivity contribution is -0.145. The van der Waals surface area contributed by atoms with Gasteiger partial charge in [-0.1, -0.05) is 36.4 Å². The van der Waals surface area contributed by atoms with E-state index in [4.69, 9.17) is 0 Å². The average molecular weight is 421 g/mol. The fourth-order valence-electron chi connectivity index (χ4n) is 4.30. The van der Waals surface area contributed by atoms with Crippen LogP contribution in [0.5, 0.6) is 0 Å². The minimum absolute atomic E-state index is 0.0612. The first kappa shape index (κ1) is 21.1. The van der Waals surface area contributed by atoms with Crippen molar-refractivity contribution in [3.05, 3.63) is 65.2 Å². The second-order valence-electron chi connectivity index (χ2n) is 8.25. The number of rotatable bonds is 5. The third-order valence-corrected chi connectivity index (χ3v) is 5.90. The molecule has 2 aromatic rings. The van der Waals surface area contributed by atoms with Crippen LogP contribution in [0.2, 0.25) is 0 Å². The van der Waals surface area contributed by atoms with Crippen molar-refractivity contribution in [1.82, 2.24) is 15.1 Å². The average Bonchev–Trinajstić information content (AvgIpc) is 2.75. The van der Waals surface area contributed by atoms with E-state index in [0.717, 1.165) is 25.1 Å². The molecule has 0 unspecified atom stereocenters. The molecular formula is C24H28N4O3. The summed E-state index contributed by atoms with van der Waals surface area (Å²) in [4.78, 5) is 41.9. The van der Waals surface area contributed by atoms with Crippen molar-refractivity contribution >= 4 is 23.4 Å². The molecule has 2 aromatic carbocycles. The maximum atomic E-state index is 13.1. The van der Waals surface area contributed by atoms with Crippen molar-refractivity contribution < 1.29 is 14.4 Å². The topological polar surface area (TPSA) is 81.8 Å². The highest BCUT2D eigenvalue weighted by Crippen LogP contribution is 2.19. The molecule has 1 saturated heterocycles. The van der Waals surface area contributed by atoms with Gasteiger partial charge >= 0.3 is 0 Å². The normalized spacial score (nSPS) is 18.8. The van der Waals surface area contributed by atoms with E-state index in [1.165, 1.54) is 11.1 Å². The van der Waals surface area contributed by atoms with E-state index >= 15 is 0 Å². The van der Waals surface area contributed by atoms with Gasteiger partial charge in [0, 0.05) is 31.9 Å². The van der Waals surface area contributed by atoms with Crippen molar-refractivity contribution in [1.29, 1.82) is 0 Å². The molecule has 0 aliphatic carbocycles. The van der Waals surface area contributed by atoms with Gasteiger partial charge in [0.25, 0.3) is 0 Å². The van der Waals surface area contributed by atoms with Crippen LogP contribution in [0.4, 0.5) is 5.69 Å². The van der Waals surface area contributed by atoms with Crippen molar-refractivity contribution in [3.8, 4) is 0 Å². The SMILES string of the molecule is Cc1cccc(NC(=O)C[C@H]2C(=O)NCCN2C(=O)CN2CCc3ccccc3C2)c1. The van der Waals surface area contributed by atoms with E-state index in [1.807, 2.05) is 43.3 Å². The molecule has 7 heteroatoms. The van der Waals surface area contributed by atoms with Gasteiger partial charge in [0.2, 0.25) is 17.7 Å². The molecular weight excluding hydrogens is 392 g/mol. The van der Waals surface area contributed by atoms with Crippen LogP contribution < -0.4 is 10.6 Å². The van der Waals surface area contributed by atoms with Crippen molar-refractivity contribution in [2.75, 3.05) is 31.5 Å². The third kappa shape index (κ3) is 5.11. The molecule has 0 radical (unpaired) electrons. The highest BCUT2D eigenvalue weighted by Gasteiger charge is 2.35. The van der Waals surface area contributed by atoms with E-state index in [-0.39, 0.29) is 30.7 Å². The van der Waals surface area contributed by atoms with E-state index in [9.17, 15) is 14.4 Å². The maximum absolute atomic E-state index is 13.1. The van der Waals surface area contributed by atoms with Gasteiger partial charge in [-0.2, -0.15) is 0 Å². The standard InChI is InChI=1S/C24H28N4O3/c1-17-5-4-8-20(13-17)26-22(29)14-21-24(31)25-10-12-28(21)23(30)16-27-11-9-18-6-2-3-7-19(18)15-27/h2-8,13,21H,9-12,14-16H2,1H3,(H,25,31)(H,26,29)/t21-/m0/s1. The minimum Gasteiger partial charge on any atom is -0.353 e. The molecule has 1 fully saturated rings. The molecule has 3 amide bonds. The van der Waals surface area contributed by atoms with Gasteiger partial charge in [0.05, 0.1) is 13.0 Å². The Hall–Kier alpha value is -3.19. The summed E-state index contributed by atoms with van der Waals surface area (Å²) in [6.07, 6.45) is 0.848. The van der Waals surface area contributed by atoms with Crippen molar-refractivity contribution in [2.45, 2.75) is 32.4 Å². The minimum atomic E-state index is -0.789. The van der Waals surface area contributed by atoms with E-state index in [1.54, 1.807) is 4.90 Å². The zero-order valence-corrected chi connectivity index (χ0v) is 17.8. The molecule has 0 spiro atoms. The van der Waals surface area contributed by atoms with Gasteiger partial charge in [0.15, 0.2) is 0 Å². The highest BCUT2D eigenvalue weighted by atomic mass is 16.2. The Morgan fingerprint density at radius 3 is 2.71 bits per heavy atom. The number of hydrogen-bond donors (Lipinski definition) is 2. The molecule has 2 aliphatic heterocycles. The number of nitrogens with one attached hydrogen (secondary N) is 2. The van der Waals surface area contributed by atoms with Gasteiger partial charge in [-0.3, -0.25) is 19.3 Å². The maximum Gasteiger partial charge on any atom is 0.243 e. The molecule has 2 aliphatic rings. The Morgan fingerprint density at radius 2 is 1.90 bits per heavy atom. The lowest BCUT2D eigenvalue weighted by atomic mass is 10.00. The number of anilines is 1. The lowest BCUT2D eigenvalue weighted by Crippen LogP contribution is -2.59. The fraction of sp³-hybridized carbons (Fsp3) is 0.375. The predicted octanol–water partition coefficient (Wildman–Crippen LogP) is 1.71. The summed E-state index contributed by atoms with van der Waals surface area (Å²) in [5.41, 5.74) is 4.29. The molecule has 7 nitrogen and oxygen atoms in total. The fourth-order valence-corrected chi connectivity index (χ4v) is 4.30. The van der Waals surface area contributed by atoms with Gasteiger partial charge in [-0.25, -0.2) is 0 Å². The molecule has 162 valence electrons. The molecule has 0 bridgehead atoms. The number of carbonyl (C=O) groups excluding carboxylic acids is 3. The molecule has 0 aromatic heterocycles. The number of carbonyl (C=O) groups is 3. The van der Waals surface area contributed by atoms with Crippen molar-refractivity contribution in [3.63, 3.8) is 0 Å². The number of nitrogens with zero attached hydrogens (tertiary/aromatic N) is 2. The summed E-state index contributed by atoms with van der Waals surface area (Å²) in [5.74, 6) is -0.664. The summed E-state index contributed by atoms with van der Waals surface area (Å²) in [6.45, 7) is 4.55. The van der Waals surface area contributed by atoms with Gasteiger partial charge in [-0.15, -0.1) is 0 Å². The third-order valence-electron chi connectivity index (χ3n) is 5.90. The molecule has 0 saturated carbocycles. The zero-order chi connectivity index (χ0) is 21.8. The molecule has 4 rings (SSSR count). The highest BCUT2D eigenvalue weighted by molar-refractivity contribution is 5.97. The zero-order valence-electron chi connectivity index (χ0n) is 17.8. The second-order valence-corrected chi connectivity index (χ2v) is 8.25. The van der Waals surface area contributed by atoms with Gasteiger partial charge in [-0.05, 0) is 42.2 Å². The van der Waals surface area contributed by atoms with Crippen LogP contribution in [0, 0.1) is 6.92 Å². The lowest BCUT2D eigenvalue weighted by Gasteiger charge is -2.37. The summed E-state index contributed by atoms with van der Waals surface area (Å²) in [6, 6.07) is 15.0. The molecule has 31 heavy (non-hydrogen) atoms. The first-order chi connectivity index (χ1) is 15.0. The summed E-state index contributed by atoms with van der Waals surface area (Å²) in [7, 11) is 0. The molecule has 2 N–H and O–H groups in total. The first-order valence-corrected chi connectivity index (χ1v) is 10.7. The number of hydrogen-bond acceptors (Lipinski definition) is 4. The second kappa shape index (κ2) is 9.31.